The third-order valence-electron chi connectivity index (χ3n) is 6.42. The lowest BCUT2D eigenvalue weighted by atomic mass is 10.0. The zero-order valence-corrected chi connectivity index (χ0v) is 21.2. The molecule has 10 heteroatoms. The molecule has 1 amide bonds. The van der Waals surface area contributed by atoms with Gasteiger partial charge >= 0.3 is 0 Å². The van der Waals surface area contributed by atoms with Crippen LogP contribution in [0.1, 0.15) is 19.8 Å². The number of aromatic nitrogens is 2. The molecule has 1 aromatic heterocycles. The molecule has 2 aliphatic heterocycles. The summed E-state index contributed by atoms with van der Waals surface area (Å²) in [7, 11) is 1.67. The maximum absolute atomic E-state index is 12.5. The van der Waals surface area contributed by atoms with Gasteiger partial charge in [0.05, 0.1) is 11.4 Å². The Morgan fingerprint density at radius 2 is 2.06 bits per heavy atom. The summed E-state index contributed by atoms with van der Waals surface area (Å²) >= 11 is 3.32. The van der Waals surface area contributed by atoms with Gasteiger partial charge in [-0.15, -0.1) is 0 Å². The fraction of sp³-hybridized carbons (Fsp3) is 0.458. The third kappa shape index (κ3) is 5.51. The highest BCUT2D eigenvalue weighted by Gasteiger charge is 2.30. The van der Waals surface area contributed by atoms with Gasteiger partial charge in [-0.3, -0.25) is 14.5 Å². The average Bonchev–Trinajstić information content (AvgIpc) is 2.83. The SMILES string of the molecule is C=CC(=O)Nc1cc(Nc2nc(Br)cn(C)c2=O)ccc1N1CCN(C2CCOCC2)C[C@@H]1C. The van der Waals surface area contributed by atoms with E-state index in [2.05, 4.69) is 54.8 Å². The molecule has 4 rings (SSSR count). The highest BCUT2D eigenvalue weighted by molar-refractivity contribution is 9.10. The van der Waals surface area contributed by atoms with Crippen molar-refractivity contribution in [2.75, 3.05) is 48.4 Å². The zero-order valence-electron chi connectivity index (χ0n) is 19.6. The lowest BCUT2D eigenvalue weighted by Crippen LogP contribution is -2.56. The van der Waals surface area contributed by atoms with E-state index in [1.807, 2.05) is 18.2 Å². The summed E-state index contributed by atoms with van der Waals surface area (Å²) in [6.45, 7) is 10.2. The minimum Gasteiger partial charge on any atom is -0.381 e. The molecule has 1 aromatic carbocycles. The van der Waals surface area contributed by atoms with Crippen LogP contribution in [0.4, 0.5) is 22.9 Å². The van der Waals surface area contributed by atoms with Crippen molar-refractivity contribution in [3.63, 3.8) is 0 Å². The van der Waals surface area contributed by atoms with Gasteiger partial charge in [-0.1, -0.05) is 6.58 Å². The number of nitrogens with zero attached hydrogens (tertiary/aromatic N) is 4. The van der Waals surface area contributed by atoms with Crippen LogP contribution in [-0.2, 0) is 16.6 Å². The van der Waals surface area contributed by atoms with Gasteiger partial charge < -0.3 is 24.8 Å². The Hall–Kier alpha value is -2.69. The first-order chi connectivity index (χ1) is 16.4. The summed E-state index contributed by atoms with van der Waals surface area (Å²) in [6.07, 6.45) is 5.02. The van der Waals surface area contributed by atoms with Crippen LogP contribution in [0.3, 0.4) is 0 Å². The van der Waals surface area contributed by atoms with Crippen molar-refractivity contribution in [2.45, 2.75) is 31.8 Å². The predicted octanol–water partition coefficient (Wildman–Crippen LogP) is 3.10. The van der Waals surface area contributed by atoms with Gasteiger partial charge in [0.15, 0.2) is 5.82 Å². The van der Waals surface area contributed by atoms with Crippen LogP contribution in [0.25, 0.3) is 0 Å². The smallest absolute Gasteiger partial charge is 0.293 e. The van der Waals surface area contributed by atoms with E-state index in [-0.39, 0.29) is 23.3 Å². The van der Waals surface area contributed by atoms with E-state index in [0.29, 0.717) is 22.0 Å². The highest BCUT2D eigenvalue weighted by Crippen LogP contribution is 2.33. The van der Waals surface area contributed by atoms with Crippen molar-refractivity contribution in [1.82, 2.24) is 14.5 Å². The summed E-state index contributed by atoms with van der Waals surface area (Å²) in [6, 6.07) is 6.55. The Labute approximate surface area is 207 Å². The van der Waals surface area contributed by atoms with Crippen molar-refractivity contribution >= 4 is 44.7 Å². The third-order valence-corrected chi connectivity index (χ3v) is 6.80. The van der Waals surface area contributed by atoms with Crippen LogP contribution < -0.4 is 21.1 Å². The molecule has 3 heterocycles. The number of benzene rings is 1. The molecule has 182 valence electrons. The lowest BCUT2D eigenvalue weighted by Gasteiger charge is -2.45. The first-order valence-corrected chi connectivity index (χ1v) is 12.3. The molecule has 2 N–H and O–H groups in total. The molecule has 9 nitrogen and oxygen atoms in total. The predicted molar refractivity (Wildman–Crippen MR) is 138 cm³/mol. The number of anilines is 4. The van der Waals surface area contributed by atoms with Crippen molar-refractivity contribution in [1.29, 1.82) is 0 Å². The van der Waals surface area contributed by atoms with E-state index >= 15 is 0 Å². The van der Waals surface area contributed by atoms with Crippen molar-refractivity contribution in [3.05, 3.63) is 52.0 Å². The zero-order chi connectivity index (χ0) is 24.2. The maximum atomic E-state index is 12.5. The maximum Gasteiger partial charge on any atom is 0.293 e. The van der Waals surface area contributed by atoms with E-state index in [1.54, 1.807) is 13.2 Å². The van der Waals surface area contributed by atoms with E-state index in [9.17, 15) is 9.59 Å². The molecule has 2 aliphatic rings. The number of halogens is 1. The lowest BCUT2D eigenvalue weighted by molar-refractivity contribution is -0.111. The average molecular weight is 531 g/mol. The van der Waals surface area contributed by atoms with Crippen LogP contribution in [0, 0.1) is 0 Å². The van der Waals surface area contributed by atoms with Crippen molar-refractivity contribution < 1.29 is 9.53 Å². The Kier molecular flexibility index (Phi) is 7.70. The Balaban J connectivity index is 1.58. The number of aryl methyl sites for hydroxylation is 1. The van der Waals surface area contributed by atoms with Gasteiger partial charge in [0.25, 0.3) is 5.56 Å². The summed E-state index contributed by atoms with van der Waals surface area (Å²) in [4.78, 5) is 33.8. The second kappa shape index (κ2) is 10.7. The van der Waals surface area contributed by atoms with Crippen LogP contribution in [-0.4, -0.2) is 65.3 Å². The summed E-state index contributed by atoms with van der Waals surface area (Å²) in [5.41, 5.74) is 2.00. The Bertz CT molecular complexity index is 1110. The van der Waals surface area contributed by atoms with Crippen LogP contribution in [0.5, 0.6) is 0 Å². The van der Waals surface area contributed by atoms with Crippen molar-refractivity contribution in [2.24, 2.45) is 7.05 Å². The molecule has 0 bridgehead atoms. The molecule has 0 radical (unpaired) electrons. The molecule has 34 heavy (non-hydrogen) atoms. The number of ether oxygens (including phenoxy) is 1. The van der Waals surface area contributed by atoms with Crippen LogP contribution >= 0.6 is 15.9 Å². The second-order valence-corrected chi connectivity index (χ2v) is 9.57. The van der Waals surface area contributed by atoms with E-state index in [4.69, 9.17) is 4.74 Å². The molecule has 0 saturated carbocycles. The summed E-state index contributed by atoms with van der Waals surface area (Å²) < 4.78 is 7.52. The highest BCUT2D eigenvalue weighted by atomic mass is 79.9. The van der Waals surface area contributed by atoms with Gasteiger partial charge in [0.1, 0.15) is 4.60 Å². The fourth-order valence-corrected chi connectivity index (χ4v) is 5.15. The molecule has 2 saturated heterocycles. The van der Waals surface area contributed by atoms with Gasteiger partial charge in [0, 0.05) is 63.9 Å². The fourth-order valence-electron chi connectivity index (χ4n) is 4.66. The van der Waals surface area contributed by atoms with Gasteiger partial charge in [-0.2, -0.15) is 0 Å². The molecule has 1 atom stereocenters. The monoisotopic (exact) mass is 530 g/mol. The largest absolute Gasteiger partial charge is 0.381 e. The molecule has 2 aromatic rings. The summed E-state index contributed by atoms with van der Waals surface area (Å²) in [5.74, 6) is -0.0903. The first-order valence-electron chi connectivity index (χ1n) is 11.5. The number of hydrogen-bond donors (Lipinski definition) is 2. The first kappa shape index (κ1) is 24.4. The summed E-state index contributed by atoms with van der Waals surface area (Å²) in [5, 5.41) is 6.02. The number of nitrogens with one attached hydrogen (secondary N) is 2. The molecule has 2 fully saturated rings. The normalized spacial score (nSPS) is 19.6. The van der Waals surface area contributed by atoms with E-state index in [0.717, 1.165) is 51.4 Å². The number of amides is 1. The standard InChI is InChI=1S/C24H31BrN6O3/c1-4-22(32)27-19-13-17(26-23-24(33)29(3)15-21(25)28-23)5-6-20(19)31-10-9-30(14-16(31)2)18-7-11-34-12-8-18/h4-6,13,15-16,18H,1,7-12,14H2,2-3H3,(H,26,28)(H,27,32)/t16-/m0/s1. The van der Waals surface area contributed by atoms with E-state index in [1.165, 1.54) is 10.6 Å². The van der Waals surface area contributed by atoms with Gasteiger partial charge in [-0.05, 0) is 60.0 Å². The Morgan fingerprint density at radius 1 is 1.29 bits per heavy atom. The Morgan fingerprint density at radius 3 is 2.76 bits per heavy atom. The van der Waals surface area contributed by atoms with Crippen molar-refractivity contribution in [3.8, 4) is 0 Å². The number of rotatable bonds is 6. The number of piperazine rings is 1. The molecule has 0 unspecified atom stereocenters. The molecular weight excluding hydrogens is 500 g/mol. The van der Waals surface area contributed by atoms with Gasteiger partial charge in [0.2, 0.25) is 5.91 Å². The van der Waals surface area contributed by atoms with Gasteiger partial charge in [-0.25, -0.2) is 4.98 Å². The molecular formula is C24H31BrN6O3. The number of carbonyl (C=O) groups is 1. The van der Waals surface area contributed by atoms with Crippen LogP contribution in [0.15, 0.2) is 46.4 Å². The van der Waals surface area contributed by atoms with Crippen LogP contribution in [0.2, 0.25) is 0 Å². The topological polar surface area (TPSA) is 91.7 Å². The quantitative estimate of drug-likeness (QED) is 0.554. The van der Waals surface area contributed by atoms with E-state index < -0.39 is 0 Å². The minimum absolute atomic E-state index is 0.198. The molecule has 0 aliphatic carbocycles. The molecule has 0 spiro atoms. The number of carbonyl (C=O) groups excluding carboxylic acids is 1. The number of hydrogen-bond acceptors (Lipinski definition) is 7. The second-order valence-electron chi connectivity index (χ2n) is 8.76. The minimum atomic E-state index is -0.289.